The molecule has 3 unspecified atom stereocenters. The van der Waals surface area contributed by atoms with E-state index in [0.29, 0.717) is 18.4 Å². The van der Waals surface area contributed by atoms with Gasteiger partial charge in [-0.2, -0.15) is 0 Å². The van der Waals surface area contributed by atoms with Gasteiger partial charge in [0, 0.05) is 30.8 Å². The third-order valence-corrected chi connectivity index (χ3v) is 5.01. The van der Waals surface area contributed by atoms with Gasteiger partial charge in [-0.1, -0.05) is 25.0 Å². The van der Waals surface area contributed by atoms with Crippen LogP contribution in [0.25, 0.3) is 0 Å². The number of anilines is 1. The van der Waals surface area contributed by atoms with Crippen LogP contribution in [0.15, 0.2) is 18.2 Å². The minimum absolute atomic E-state index is 0.0371. The lowest BCUT2D eigenvalue weighted by Crippen LogP contribution is -2.45. The van der Waals surface area contributed by atoms with Crippen LogP contribution in [0.5, 0.6) is 0 Å². The van der Waals surface area contributed by atoms with E-state index in [1.807, 2.05) is 39.0 Å². The van der Waals surface area contributed by atoms with E-state index in [-0.39, 0.29) is 18.6 Å². The van der Waals surface area contributed by atoms with Crippen LogP contribution >= 0.6 is 0 Å². The molecule has 4 heteroatoms. The highest BCUT2D eigenvalue weighted by Crippen LogP contribution is 2.24. The van der Waals surface area contributed by atoms with Crippen molar-refractivity contribution < 1.29 is 9.90 Å². The molecule has 0 heterocycles. The molecule has 3 atom stereocenters. The fourth-order valence-corrected chi connectivity index (χ4v) is 3.44. The van der Waals surface area contributed by atoms with E-state index in [9.17, 15) is 9.90 Å². The molecule has 1 amide bonds. The van der Waals surface area contributed by atoms with Gasteiger partial charge in [0.2, 0.25) is 5.91 Å². The maximum atomic E-state index is 12.3. The van der Waals surface area contributed by atoms with Gasteiger partial charge in [0.25, 0.3) is 0 Å². The van der Waals surface area contributed by atoms with Crippen molar-refractivity contribution in [3.05, 3.63) is 29.3 Å². The van der Waals surface area contributed by atoms with E-state index >= 15 is 0 Å². The van der Waals surface area contributed by atoms with Crippen molar-refractivity contribution in [2.75, 3.05) is 11.9 Å². The van der Waals surface area contributed by atoms with Crippen LogP contribution in [-0.2, 0) is 4.79 Å². The lowest BCUT2D eigenvalue weighted by atomic mass is 9.84. The summed E-state index contributed by atoms with van der Waals surface area (Å²) in [7, 11) is 0. The fraction of sp³-hybridized carbons (Fsp3) is 0.632. The first-order valence-electron chi connectivity index (χ1n) is 8.74. The summed E-state index contributed by atoms with van der Waals surface area (Å²) in [4.78, 5) is 12.3. The smallest absolute Gasteiger partial charge is 0.225 e. The quantitative estimate of drug-likeness (QED) is 0.755. The number of hydrogen-bond acceptors (Lipinski definition) is 3. The van der Waals surface area contributed by atoms with Gasteiger partial charge in [0.15, 0.2) is 0 Å². The van der Waals surface area contributed by atoms with E-state index in [0.717, 1.165) is 24.1 Å². The summed E-state index contributed by atoms with van der Waals surface area (Å²) in [6.45, 7) is 6.36. The molecule has 1 aromatic carbocycles. The Kier molecular flexibility index (Phi) is 6.60. The van der Waals surface area contributed by atoms with Crippen LogP contribution in [0.1, 0.15) is 50.2 Å². The molecule has 128 valence electrons. The SMILES string of the molecule is Cc1cccc(NC(=O)CC(C)NC2CCCCC2CO)c1C. The van der Waals surface area contributed by atoms with Gasteiger partial charge >= 0.3 is 0 Å². The Hall–Kier alpha value is -1.39. The average molecular weight is 318 g/mol. The molecule has 1 fully saturated rings. The zero-order chi connectivity index (χ0) is 16.8. The van der Waals surface area contributed by atoms with Gasteiger partial charge in [0.1, 0.15) is 0 Å². The van der Waals surface area contributed by atoms with Crippen LogP contribution in [0.3, 0.4) is 0 Å². The van der Waals surface area contributed by atoms with Gasteiger partial charge < -0.3 is 15.7 Å². The molecule has 0 radical (unpaired) electrons. The zero-order valence-electron chi connectivity index (χ0n) is 14.6. The summed E-state index contributed by atoms with van der Waals surface area (Å²) in [5.41, 5.74) is 3.20. The molecular formula is C19H30N2O2. The second-order valence-electron chi connectivity index (χ2n) is 6.90. The number of carbonyl (C=O) groups excluding carboxylic acids is 1. The number of rotatable bonds is 6. The van der Waals surface area contributed by atoms with Crippen LogP contribution in [0.2, 0.25) is 0 Å². The third kappa shape index (κ3) is 5.05. The van der Waals surface area contributed by atoms with E-state index < -0.39 is 0 Å². The van der Waals surface area contributed by atoms with Crippen LogP contribution in [0, 0.1) is 19.8 Å². The topological polar surface area (TPSA) is 61.4 Å². The number of aliphatic hydroxyl groups is 1. The molecule has 23 heavy (non-hydrogen) atoms. The highest BCUT2D eigenvalue weighted by Gasteiger charge is 2.26. The first-order chi connectivity index (χ1) is 11.0. The van der Waals surface area contributed by atoms with Gasteiger partial charge in [-0.25, -0.2) is 0 Å². The Morgan fingerprint density at radius 2 is 2.04 bits per heavy atom. The summed E-state index contributed by atoms with van der Waals surface area (Å²) in [6.07, 6.45) is 5.02. The molecule has 3 N–H and O–H groups in total. The summed E-state index contributed by atoms with van der Waals surface area (Å²) in [6, 6.07) is 6.40. The largest absolute Gasteiger partial charge is 0.396 e. The Bertz CT molecular complexity index is 530. The van der Waals surface area contributed by atoms with Gasteiger partial charge in [-0.3, -0.25) is 4.79 Å². The second kappa shape index (κ2) is 8.46. The first kappa shape index (κ1) is 18.0. The van der Waals surface area contributed by atoms with Crippen LogP contribution < -0.4 is 10.6 Å². The maximum Gasteiger partial charge on any atom is 0.225 e. The van der Waals surface area contributed by atoms with Crippen molar-refractivity contribution >= 4 is 11.6 Å². The number of nitrogens with one attached hydrogen (secondary N) is 2. The molecule has 2 rings (SSSR count). The molecule has 1 aliphatic rings. The summed E-state index contributed by atoms with van der Waals surface area (Å²) in [5.74, 6) is 0.364. The fourth-order valence-electron chi connectivity index (χ4n) is 3.44. The number of hydrogen-bond donors (Lipinski definition) is 3. The van der Waals surface area contributed by atoms with Gasteiger partial charge in [-0.15, -0.1) is 0 Å². The molecule has 1 aliphatic carbocycles. The Morgan fingerprint density at radius 1 is 1.30 bits per heavy atom. The van der Waals surface area contributed by atoms with Crippen LogP contribution in [-0.4, -0.2) is 29.7 Å². The number of aryl methyl sites for hydroxylation is 1. The maximum absolute atomic E-state index is 12.3. The second-order valence-corrected chi connectivity index (χ2v) is 6.90. The lowest BCUT2D eigenvalue weighted by molar-refractivity contribution is -0.116. The highest BCUT2D eigenvalue weighted by molar-refractivity contribution is 5.92. The van der Waals surface area contributed by atoms with E-state index in [2.05, 4.69) is 10.6 Å². The summed E-state index contributed by atoms with van der Waals surface area (Å²) < 4.78 is 0. The number of aliphatic hydroxyl groups excluding tert-OH is 1. The predicted molar refractivity (Wildman–Crippen MR) is 94.6 cm³/mol. The standard InChI is InChI=1S/C19H30N2O2/c1-13-7-6-10-17(15(13)3)21-19(23)11-14(2)20-18-9-5-4-8-16(18)12-22/h6-7,10,14,16,18,20,22H,4-5,8-9,11-12H2,1-3H3,(H,21,23). The third-order valence-electron chi connectivity index (χ3n) is 5.01. The number of benzene rings is 1. The van der Waals surface area contributed by atoms with E-state index in [4.69, 9.17) is 0 Å². The minimum atomic E-state index is 0.0371. The Morgan fingerprint density at radius 3 is 2.78 bits per heavy atom. The van der Waals surface area contributed by atoms with E-state index in [1.54, 1.807) is 0 Å². The van der Waals surface area contributed by atoms with Gasteiger partial charge in [-0.05, 0) is 56.7 Å². The van der Waals surface area contributed by atoms with Crippen LogP contribution in [0.4, 0.5) is 5.69 Å². The van der Waals surface area contributed by atoms with E-state index in [1.165, 1.54) is 18.4 Å². The molecule has 0 spiro atoms. The van der Waals surface area contributed by atoms with Crippen molar-refractivity contribution in [3.8, 4) is 0 Å². The Balaban J connectivity index is 1.85. The molecule has 4 nitrogen and oxygen atoms in total. The monoisotopic (exact) mass is 318 g/mol. The zero-order valence-corrected chi connectivity index (χ0v) is 14.6. The molecule has 0 aliphatic heterocycles. The first-order valence-corrected chi connectivity index (χ1v) is 8.74. The molecule has 1 saturated carbocycles. The van der Waals surface area contributed by atoms with Gasteiger partial charge in [0.05, 0.1) is 0 Å². The van der Waals surface area contributed by atoms with Crippen molar-refractivity contribution in [2.24, 2.45) is 5.92 Å². The highest BCUT2D eigenvalue weighted by atomic mass is 16.3. The Labute approximate surface area is 139 Å². The summed E-state index contributed by atoms with van der Waals surface area (Å²) >= 11 is 0. The number of amides is 1. The number of carbonyl (C=O) groups is 1. The predicted octanol–water partition coefficient (Wildman–Crippen LogP) is 3.16. The molecule has 1 aromatic rings. The normalized spacial score (nSPS) is 22.6. The lowest BCUT2D eigenvalue weighted by Gasteiger charge is -2.33. The molecule has 0 aromatic heterocycles. The van der Waals surface area contributed by atoms with Crippen molar-refractivity contribution in [3.63, 3.8) is 0 Å². The van der Waals surface area contributed by atoms with Crippen molar-refractivity contribution in [1.82, 2.24) is 5.32 Å². The van der Waals surface area contributed by atoms with Crippen molar-refractivity contribution in [1.29, 1.82) is 0 Å². The summed E-state index contributed by atoms with van der Waals surface area (Å²) in [5, 5.41) is 16.0. The van der Waals surface area contributed by atoms with Crippen molar-refractivity contribution in [2.45, 2.75) is 65.0 Å². The minimum Gasteiger partial charge on any atom is -0.396 e. The molecule has 0 saturated heterocycles. The molecular weight excluding hydrogens is 288 g/mol. The molecule has 0 bridgehead atoms. The average Bonchev–Trinajstić information content (AvgIpc) is 2.52.